The third-order valence-corrected chi connectivity index (χ3v) is 4.68. The molecular weight excluding hydrogens is 497 g/mol. The van der Waals surface area contributed by atoms with Gasteiger partial charge in [-0.2, -0.15) is 18.3 Å². The molecule has 12 heteroatoms. The summed E-state index contributed by atoms with van der Waals surface area (Å²) in [6.07, 6.45) is 1.18. The summed E-state index contributed by atoms with van der Waals surface area (Å²) >= 11 is 0. The number of benzene rings is 2. The average molecular weight is 519 g/mol. The fourth-order valence-electron chi connectivity index (χ4n) is 3.13. The number of hydrogen-bond donors (Lipinski definition) is 0. The van der Waals surface area contributed by atoms with Crippen LogP contribution in [0.25, 0.3) is 28.3 Å². The van der Waals surface area contributed by atoms with Gasteiger partial charge in [-0.1, -0.05) is 36.3 Å². The Labute approximate surface area is 208 Å². The highest BCUT2D eigenvalue weighted by molar-refractivity contribution is 5.69. The van der Waals surface area contributed by atoms with Crippen molar-refractivity contribution in [3.05, 3.63) is 90.4 Å². The van der Waals surface area contributed by atoms with Crippen molar-refractivity contribution in [3.63, 3.8) is 0 Å². The summed E-state index contributed by atoms with van der Waals surface area (Å²) < 4.78 is 70.6. The number of para-hydroxylation sites is 1. The van der Waals surface area contributed by atoms with Gasteiger partial charge >= 0.3 is 6.18 Å². The molecule has 0 fully saturated rings. The SMILES string of the molecule is CC(F)(F)F.CCc1cccc(F)c1-c1cc(-c2cnn(-c3ccccc3F)c2)on1.Cc1nnco1. The van der Waals surface area contributed by atoms with Crippen LogP contribution in [0.3, 0.4) is 0 Å². The molecular formula is C25H22F5N5O2. The zero-order valence-corrected chi connectivity index (χ0v) is 20.0. The van der Waals surface area contributed by atoms with Crippen LogP contribution in [0.5, 0.6) is 0 Å². The fourth-order valence-corrected chi connectivity index (χ4v) is 3.13. The lowest BCUT2D eigenvalue weighted by molar-refractivity contribution is -0.110. The first-order valence-corrected chi connectivity index (χ1v) is 10.9. The quantitative estimate of drug-likeness (QED) is 0.238. The first-order valence-electron chi connectivity index (χ1n) is 10.9. The molecule has 37 heavy (non-hydrogen) atoms. The maximum atomic E-state index is 14.3. The van der Waals surface area contributed by atoms with E-state index < -0.39 is 6.18 Å². The number of hydrogen-bond acceptors (Lipinski definition) is 6. The van der Waals surface area contributed by atoms with Gasteiger partial charge < -0.3 is 8.94 Å². The van der Waals surface area contributed by atoms with Gasteiger partial charge in [0, 0.05) is 31.7 Å². The third-order valence-electron chi connectivity index (χ3n) is 4.68. The largest absolute Gasteiger partial charge is 0.428 e. The summed E-state index contributed by atoms with van der Waals surface area (Å²) in [5.41, 5.74) is 2.68. The number of rotatable bonds is 4. The maximum Gasteiger partial charge on any atom is 0.386 e. The molecule has 0 N–H and O–H groups in total. The van der Waals surface area contributed by atoms with Crippen LogP contribution in [0.1, 0.15) is 25.3 Å². The molecule has 0 amide bonds. The van der Waals surface area contributed by atoms with Crippen LogP contribution in [0, 0.1) is 18.6 Å². The molecule has 0 aliphatic heterocycles. The summed E-state index contributed by atoms with van der Waals surface area (Å²) in [7, 11) is 0. The van der Waals surface area contributed by atoms with Gasteiger partial charge in [-0.3, -0.25) is 0 Å². The molecule has 5 aromatic rings. The van der Waals surface area contributed by atoms with E-state index >= 15 is 0 Å². The zero-order chi connectivity index (χ0) is 27.0. The van der Waals surface area contributed by atoms with Gasteiger partial charge in [-0.05, 0) is 30.2 Å². The number of aromatic nitrogens is 5. The lowest BCUT2D eigenvalue weighted by Crippen LogP contribution is -1.96. The standard InChI is InChI=1S/C20H15F2N3O.C3H4N2O.C2H3F3/c1-2-13-6-5-8-16(22)20(13)17-10-19(26-24-17)14-11-23-25(12-14)18-9-4-3-7-15(18)21;1-3-5-4-2-6-3;1-2(3,4)5/h3-12H,2H2,1H3;2H,1H3;1H3. The molecule has 0 atom stereocenters. The molecule has 0 unspecified atom stereocenters. The molecule has 0 saturated carbocycles. The van der Waals surface area contributed by atoms with Crippen LogP contribution in [0.4, 0.5) is 22.0 Å². The summed E-state index contributed by atoms with van der Waals surface area (Å²) in [4.78, 5) is 0. The van der Waals surface area contributed by atoms with Gasteiger partial charge in [-0.15, -0.1) is 10.2 Å². The van der Waals surface area contributed by atoms with Crippen molar-refractivity contribution in [2.45, 2.75) is 33.4 Å². The first-order chi connectivity index (χ1) is 17.6. The van der Waals surface area contributed by atoms with Crippen LogP contribution >= 0.6 is 0 Å². The number of nitrogens with zero attached hydrogens (tertiary/aromatic N) is 5. The molecule has 0 radical (unpaired) electrons. The number of alkyl halides is 3. The maximum absolute atomic E-state index is 14.3. The summed E-state index contributed by atoms with van der Waals surface area (Å²) in [5, 5.41) is 15.1. The Morgan fingerprint density at radius 3 is 2.30 bits per heavy atom. The van der Waals surface area contributed by atoms with Gasteiger partial charge in [0.25, 0.3) is 0 Å². The second-order valence-corrected chi connectivity index (χ2v) is 7.57. The van der Waals surface area contributed by atoms with Crippen LogP contribution in [0.2, 0.25) is 0 Å². The van der Waals surface area contributed by atoms with Gasteiger partial charge in [-0.25, -0.2) is 13.5 Å². The van der Waals surface area contributed by atoms with E-state index in [1.54, 1.807) is 49.6 Å². The minimum absolute atomic E-state index is 0.188. The Kier molecular flexibility index (Phi) is 8.88. The molecule has 2 aromatic carbocycles. The molecule has 0 spiro atoms. The van der Waals surface area contributed by atoms with E-state index in [0.717, 1.165) is 5.56 Å². The van der Waals surface area contributed by atoms with E-state index in [4.69, 9.17) is 4.52 Å². The zero-order valence-electron chi connectivity index (χ0n) is 20.0. The lowest BCUT2D eigenvalue weighted by atomic mass is 10.0. The Morgan fingerprint density at radius 1 is 1.00 bits per heavy atom. The van der Waals surface area contributed by atoms with Crippen molar-refractivity contribution in [1.29, 1.82) is 0 Å². The Bertz CT molecular complexity index is 1410. The van der Waals surface area contributed by atoms with E-state index in [2.05, 4.69) is 24.9 Å². The van der Waals surface area contributed by atoms with Crippen molar-refractivity contribution in [1.82, 2.24) is 25.1 Å². The number of halogens is 5. The molecule has 0 aliphatic carbocycles. The van der Waals surface area contributed by atoms with E-state index in [1.807, 2.05) is 13.0 Å². The van der Waals surface area contributed by atoms with Gasteiger partial charge in [0.1, 0.15) is 23.0 Å². The minimum Gasteiger partial charge on any atom is -0.428 e. The molecule has 7 nitrogen and oxygen atoms in total. The predicted octanol–water partition coefficient (Wildman–Crippen LogP) is 6.98. The monoisotopic (exact) mass is 519 g/mol. The minimum atomic E-state index is -4.00. The Balaban J connectivity index is 0.000000288. The summed E-state index contributed by atoms with van der Waals surface area (Å²) in [6.45, 7) is 3.89. The van der Waals surface area contributed by atoms with Gasteiger partial charge in [0.15, 0.2) is 5.76 Å². The van der Waals surface area contributed by atoms with Crippen LogP contribution in [-0.2, 0) is 6.42 Å². The van der Waals surface area contributed by atoms with E-state index in [-0.39, 0.29) is 18.6 Å². The smallest absolute Gasteiger partial charge is 0.386 e. The molecule has 0 bridgehead atoms. The van der Waals surface area contributed by atoms with E-state index in [0.29, 0.717) is 40.6 Å². The predicted molar refractivity (Wildman–Crippen MR) is 125 cm³/mol. The molecule has 5 rings (SSSR count). The highest BCUT2D eigenvalue weighted by atomic mass is 19.4. The Hall–Kier alpha value is -4.35. The second kappa shape index (κ2) is 12.1. The highest BCUT2D eigenvalue weighted by Crippen LogP contribution is 2.30. The van der Waals surface area contributed by atoms with Gasteiger partial charge in [0.2, 0.25) is 12.3 Å². The molecule has 194 valence electrons. The van der Waals surface area contributed by atoms with Gasteiger partial charge in [0.05, 0.1) is 11.8 Å². The van der Waals surface area contributed by atoms with Crippen LogP contribution < -0.4 is 0 Å². The summed E-state index contributed by atoms with van der Waals surface area (Å²) in [6, 6.07) is 13.0. The van der Waals surface area contributed by atoms with Crippen molar-refractivity contribution in [2.75, 3.05) is 0 Å². The lowest BCUT2D eigenvalue weighted by Gasteiger charge is -2.04. The second-order valence-electron chi connectivity index (χ2n) is 7.57. The fraction of sp³-hybridized carbons (Fsp3) is 0.200. The molecule has 3 aromatic heterocycles. The highest BCUT2D eigenvalue weighted by Gasteiger charge is 2.17. The van der Waals surface area contributed by atoms with Crippen LogP contribution in [-0.4, -0.2) is 31.3 Å². The van der Waals surface area contributed by atoms with Crippen molar-refractivity contribution < 1.29 is 30.9 Å². The molecule has 3 heterocycles. The third kappa shape index (κ3) is 7.82. The summed E-state index contributed by atoms with van der Waals surface area (Å²) in [5.74, 6) is 0.327. The molecule has 0 aliphatic rings. The topological polar surface area (TPSA) is 82.8 Å². The normalized spacial score (nSPS) is 10.8. The van der Waals surface area contributed by atoms with Crippen molar-refractivity contribution >= 4 is 0 Å². The van der Waals surface area contributed by atoms with Crippen LogP contribution in [0.15, 0.2) is 76.3 Å². The van der Waals surface area contributed by atoms with Crippen molar-refractivity contribution in [3.8, 4) is 28.3 Å². The average Bonchev–Trinajstić information content (AvgIpc) is 3.60. The van der Waals surface area contributed by atoms with E-state index in [1.165, 1.54) is 23.2 Å². The first kappa shape index (κ1) is 27.2. The van der Waals surface area contributed by atoms with E-state index in [9.17, 15) is 22.0 Å². The molecule has 0 saturated heterocycles. The Morgan fingerprint density at radius 2 is 1.70 bits per heavy atom. The van der Waals surface area contributed by atoms with Crippen molar-refractivity contribution in [2.24, 2.45) is 0 Å². The number of aryl methyl sites for hydroxylation is 2.